The number of para-hydroxylation sites is 4. The Morgan fingerprint density at radius 2 is 0.977 bits per heavy atom. The molecule has 44 heavy (non-hydrogen) atoms. The third-order valence-corrected chi connectivity index (χ3v) is 11.4. The number of nitrogens with zero attached hydrogens (tertiary/aromatic N) is 2. The molecule has 0 saturated heterocycles. The van der Waals surface area contributed by atoms with Gasteiger partial charge in [-0.1, -0.05) is 86.6 Å². The fraction of sp³-hybridized carbons (Fsp3) is 0.0769. The molecule has 0 radical (unpaired) electrons. The molecule has 1 aromatic heterocycles. The summed E-state index contributed by atoms with van der Waals surface area (Å²) in [6, 6.07) is 45.3. The first-order valence-electron chi connectivity index (χ1n) is 14.9. The fourth-order valence-corrected chi connectivity index (χ4v) is 9.12. The normalized spacial score (nSPS) is 15.5. The van der Waals surface area contributed by atoms with Gasteiger partial charge in [0, 0.05) is 38.7 Å². The highest BCUT2D eigenvalue weighted by Gasteiger charge is 2.38. The van der Waals surface area contributed by atoms with E-state index in [0.29, 0.717) is 9.79 Å². The minimum Gasteiger partial charge on any atom is -0.310 e. The Morgan fingerprint density at radius 3 is 1.55 bits per heavy atom. The molecule has 2 aliphatic heterocycles. The number of anilines is 3. The maximum atomic E-state index is 13.8. The van der Waals surface area contributed by atoms with Gasteiger partial charge < -0.3 is 9.47 Å². The summed E-state index contributed by atoms with van der Waals surface area (Å²) in [4.78, 5) is 2.99. The Bertz CT molecular complexity index is 2350. The SMILES string of the molecule is CC1(C)c2ccccc2N(c2ccc3c(c2)-c2cc(-n4c5ccccc5c5ccccc54)ccc2S3(=O)=O)c2ccccc21. The summed E-state index contributed by atoms with van der Waals surface area (Å²) in [6.45, 7) is 4.54. The maximum Gasteiger partial charge on any atom is 0.207 e. The van der Waals surface area contributed by atoms with E-state index in [1.54, 1.807) is 12.1 Å². The third-order valence-electron chi connectivity index (χ3n) is 9.53. The van der Waals surface area contributed by atoms with Crippen LogP contribution in [0, 0.1) is 0 Å². The summed E-state index contributed by atoms with van der Waals surface area (Å²) in [7, 11) is -3.65. The van der Waals surface area contributed by atoms with E-state index in [4.69, 9.17) is 0 Å². The Morgan fingerprint density at radius 1 is 0.523 bits per heavy atom. The van der Waals surface area contributed by atoms with Crippen molar-refractivity contribution in [1.29, 1.82) is 0 Å². The summed E-state index contributed by atoms with van der Waals surface area (Å²) in [5.41, 5.74) is 10.0. The fourth-order valence-electron chi connectivity index (χ4n) is 7.47. The topological polar surface area (TPSA) is 42.3 Å². The van der Waals surface area contributed by atoms with Gasteiger partial charge in [0.05, 0.1) is 32.2 Å². The van der Waals surface area contributed by atoms with Gasteiger partial charge in [-0.2, -0.15) is 0 Å². The number of aromatic nitrogens is 1. The molecule has 0 amide bonds. The van der Waals surface area contributed by atoms with Gasteiger partial charge in [-0.05, 0) is 71.8 Å². The highest BCUT2D eigenvalue weighted by Crippen LogP contribution is 2.53. The summed E-state index contributed by atoms with van der Waals surface area (Å²) >= 11 is 0. The molecular weight excluding hydrogens is 561 g/mol. The third kappa shape index (κ3) is 3.25. The standard InChI is InChI=1S/C39H28N2O2S/c1-39(2)31-13-5-9-17-35(31)41(36-18-10-6-14-32(36)39)26-20-22-38-30(24-26)29-23-25(19-21-37(29)44(38,42)43)40-33-15-7-3-11-27(33)28-12-4-8-16-34(28)40/h3-24H,1-2H3. The van der Waals surface area contributed by atoms with E-state index in [9.17, 15) is 8.42 Å². The smallest absolute Gasteiger partial charge is 0.207 e. The molecule has 2 aliphatic rings. The second kappa shape index (κ2) is 8.71. The molecule has 0 saturated carbocycles. The molecule has 5 heteroatoms. The van der Waals surface area contributed by atoms with Crippen LogP contribution in [-0.4, -0.2) is 13.0 Å². The molecule has 0 atom stereocenters. The van der Waals surface area contributed by atoms with Gasteiger partial charge in [-0.25, -0.2) is 8.42 Å². The summed E-state index contributed by atoms with van der Waals surface area (Å²) in [5.74, 6) is 0. The van der Waals surface area contributed by atoms with E-state index in [0.717, 1.165) is 44.9 Å². The number of fused-ring (bicyclic) bond motifs is 8. The summed E-state index contributed by atoms with van der Waals surface area (Å²) < 4.78 is 29.9. The van der Waals surface area contributed by atoms with Crippen molar-refractivity contribution in [2.24, 2.45) is 0 Å². The van der Waals surface area contributed by atoms with E-state index in [1.807, 2.05) is 30.3 Å². The van der Waals surface area contributed by atoms with Crippen LogP contribution in [-0.2, 0) is 15.3 Å². The van der Waals surface area contributed by atoms with E-state index >= 15 is 0 Å². The lowest BCUT2D eigenvalue weighted by Crippen LogP contribution is -2.30. The van der Waals surface area contributed by atoms with Crippen LogP contribution in [0.4, 0.5) is 17.1 Å². The van der Waals surface area contributed by atoms with Crippen LogP contribution >= 0.6 is 0 Å². The molecule has 0 unspecified atom stereocenters. The number of hydrogen-bond donors (Lipinski definition) is 0. The van der Waals surface area contributed by atoms with Crippen molar-refractivity contribution in [3.05, 3.63) is 145 Å². The van der Waals surface area contributed by atoms with Crippen LogP contribution in [0.2, 0.25) is 0 Å². The van der Waals surface area contributed by atoms with E-state index < -0.39 is 9.84 Å². The lowest BCUT2D eigenvalue weighted by atomic mass is 9.73. The molecule has 7 aromatic rings. The van der Waals surface area contributed by atoms with Crippen molar-refractivity contribution < 1.29 is 8.42 Å². The highest BCUT2D eigenvalue weighted by atomic mass is 32.2. The number of hydrogen-bond acceptors (Lipinski definition) is 3. The number of benzene rings is 6. The summed E-state index contributed by atoms with van der Waals surface area (Å²) in [6.07, 6.45) is 0. The number of rotatable bonds is 2. The van der Waals surface area contributed by atoms with E-state index in [2.05, 4.69) is 114 Å². The van der Waals surface area contributed by atoms with Crippen molar-refractivity contribution in [1.82, 2.24) is 4.57 Å². The van der Waals surface area contributed by atoms with Crippen LogP contribution < -0.4 is 4.90 Å². The first-order chi connectivity index (χ1) is 21.4. The average molecular weight is 589 g/mol. The molecule has 0 aliphatic carbocycles. The first-order valence-corrected chi connectivity index (χ1v) is 16.4. The van der Waals surface area contributed by atoms with Crippen molar-refractivity contribution in [3.8, 4) is 16.8 Å². The van der Waals surface area contributed by atoms with Crippen LogP contribution in [0.3, 0.4) is 0 Å². The zero-order chi connectivity index (χ0) is 29.8. The molecule has 6 aromatic carbocycles. The van der Waals surface area contributed by atoms with Crippen molar-refractivity contribution in [3.63, 3.8) is 0 Å². The molecule has 212 valence electrons. The molecule has 9 rings (SSSR count). The minimum atomic E-state index is -3.65. The lowest BCUT2D eigenvalue weighted by molar-refractivity contribution is 0.598. The van der Waals surface area contributed by atoms with Crippen LogP contribution in [0.1, 0.15) is 25.0 Å². The monoisotopic (exact) mass is 588 g/mol. The van der Waals surface area contributed by atoms with Gasteiger partial charge in [0.15, 0.2) is 0 Å². The zero-order valence-electron chi connectivity index (χ0n) is 24.3. The van der Waals surface area contributed by atoms with Crippen molar-refractivity contribution >= 4 is 48.7 Å². The van der Waals surface area contributed by atoms with E-state index in [-0.39, 0.29) is 5.41 Å². The Kier molecular flexibility index (Phi) is 5.02. The second-order valence-electron chi connectivity index (χ2n) is 12.2. The van der Waals surface area contributed by atoms with Gasteiger partial charge >= 0.3 is 0 Å². The zero-order valence-corrected chi connectivity index (χ0v) is 25.1. The highest BCUT2D eigenvalue weighted by molar-refractivity contribution is 7.92. The lowest BCUT2D eigenvalue weighted by Gasteiger charge is -2.42. The Hall–Kier alpha value is -5.13. The molecule has 0 spiro atoms. The van der Waals surface area contributed by atoms with Crippen LogP contribution in [0.5, 0.6) is 0 Å². The first kappa shape index (κ1) is 25.4. The molecule has 4 nitrogen and oxygen atoms in total. The second-order valence-corrected chi connectivity index (χ2v) is 14.1. The predicted molar refractivity (Wildman–Crippen MR) is 178 cm³/mol. The predicted octanol–water partition coefficient (Wildman–Crippen LogP) is 9.71. The van der Waals surface area contributed by atoms with Gasteiger partial charge in [0.25, 0.3) is 0 Å². The van der Waals surface area contributed by atoms with Gasteiger partial charge in [0.2, 0.25) is 9.84 Å². The molecule has 0 N–H and O–H groups in total. The van der Waals surface area contributed by atoms with Gasteiger partial charge in [-0.3, -0.25) is 0 Å². The van der Waals surface area contributed by atoms with Gasteiger partial charge in [-0.15, -0.1) is 0 Å². The van der Waals surface area contributed by atoms with Gasteiger partial charge in [0.1, 0.15) is 0 Å². The summed E-state index contributed by atoms with van der Waals surface area (Å²) in [5, 5.41) is 2.34. The van der Waals surface area contributed by atoms with Crippen LogP contribution in [0.15, 0.2) is 143 Å². The minimum absolute atomic E-state index is 0.173. The van der Waals surface area contributed by atoms with Crippen LogP contribution in [0.25, 0.3) is 38.6 Å². The largest absolute Gasteiger partial charge is 0.310 e. The molecular formula is C39H28N2O2S. The number of sulfone groups is 1. The molecule has 3 heterocycles. The average Bonchev–Trinajstić information content (AvgIpc) is 3.50. The Labute approximate surface area is 256 Å². The maximum absolute atomic E-state index is 13.8. The van der Waals surface area contributed by atoms with Crippen molar-refractivity contribution in [2.75, 3.05) is 4.90 Å². The Balaban J connectivity index is 1.28. The molecule has 0 fully saturated rings. The van der Waals surface area contributed by atoms with Crippen molar-refractivity contribution in [2.45, 2.75) is 29.1 Å². The molecule has 0 bridgehead atoms. The van der Waals surface area contributed by atoms with E-state index in [1.165, 1.54) is 21.9 Å². The quantitative estimate of drug-likeness (QED) is 0.202.